The lowest BCUT2D eigenvalue weighted by Crippen LogP contribution is -2.18. The fourth-order valence-corrected chi connectivity index (χ4v) is 1.79. The average Bonchev–Trinajstić information content (AvgIpc) is 2.71. The van der Waals surface area contributed by atoms with Crippen LogP contribution in [0.15, 0.2) is 24.3 Å². The quantitative estimate of drug-likeness (QED) is 0.777. The molecule has 0 aliphatic carbocycles. The summed E-state index contributed by atoms with van der Waals surface area (Å²) in [7, 11) is 0. The predicted octanol–water partition coefficient (Wildman–Crippen LogP) is 2.63. The molecule has 0 bridgehead atoms. The fraction of sp³-hybridized carbons (Fsp3) is 0.455. The number of benzene rings is 1. The fourth-order valence-electron chi connectivity index (χ4n) is 1.63. The van der Waals surface area contributed by atoms with Crippen LogP contribution in [0.3, 0.4) is 0 Å². The number of ether oxygens (including phenoxy) is 1. The van der Waals surface area contributed by atoms with Crippen molar-refractivity contribution in [2.24, 2.45) is 0 Å². The Morgan fingerprint density at radius 2 is 2.43 bits per heavy atom. The van der Waals surface area contributed by atoms with E-state index in [2.05, 4.69) is 17.4 Å². The van der Waals surface area contributed by atoms with Gasteiger partial charge < -0.3 is 10.1 Å². The van der Waals surface area contributed by atoms with Crippen molar-refractivity contribution in [1.82, 2.24) is 0 Å². The molecule has 1 aromatic rings. The van der Waals surface area contributed by atoms with Crippen LogP contribution in [-0.2, 0) is 10.6 Å². The van der Waals surface area contributed by atoms with Crippen molar-refractivity contribution in [3.8, 4) is 0 Å². The minimum absolute atomic E-state index is 0.459. The molecule has 1 saturated heterocycles. The van der Waals surface area contributed by atoms with E-state index in [0.717, 1.165) is 30.9 Å². The smallest absolute Gasteiger partial charge is 0.0668 e. The third-order valence-corrected chi connectivity index (χ3v) is 2.69. The second-order valence-electron chi connectivity index (χ2n) is 3.54. The van der Waals surface area contributed by atoms with Crippen molar-refractivity contribution in [3.63, 3.8) is 0 Å². The minimum atomic E-state index is 0.459. The van der Waals surface area contributed by atoms with Crippen molar-refractivity contribution < 1.29 is 4.74 Å². The van der Waals surface area contributed by atoms with E-state index in [0.29, 0.717) is 11.9 Å². The molecule has 0 amide bonds. The van der Waals surface area contributed by atoms with Crippen LogP contribution in [0.25, 0.3) is 0 Å². The van der Waals surface area contributed by atoms with E-state index >= 15 is 0 Å². The molecule has 1 unspecified atom stereocenters. The predicted molar refractivity (Wildman–Crippen MR) is 58.8 cm³/mol. The third-order valence-electron chi connectivity index (χ3n) is 2.38. The Balaban J connectivity index is 2.00. The first-order valence-corrected chi connectivity index (χ1v) is 5.41. The number of halogens is 1. The molecule has 0 radical (unpaired) electrons. The van der Waals surface area contributed by atoms with Crippen molar-refractivity contribution >= 4 is 17.3 Å². The topological polar surface area (TPSA) is 21.3 Å². The van der Waals surface area contributed by atoms with Gasteiger partial charge in [-0.15, -0.1) is 11.6 Å². The molecule has 76 valence electrons. The van der Waals surface area contributed by atoms with Gasteiger partial charge in [0.1, 0.15) is 0 Å². The van der Waals surface area contributed by atoms with Gasteiger partial charge in [0, 0.05) is 18.2 Å². The molecule has 1 aromatic carbocycles. The molecule has 1 aliphatic rings. The highest BCUT2D eigenvalue weighted by Crippen LogP contribution is 2.16. The molecule has 1 heterocycles. The molecular weight excluding hydrogens is 198 g/mol. The Bertz CT molecular complexity index is 297. The zero-order chi connectivity index (χ0) is 9.80. The summed E-state index contributed by atoms with van der Waals surface area (Å²) in [6, 6.07) is 8.67. The molecular formula is C11H14ClNO. The van der Waals surface area contributed by atoms with Gasteiger partial charge in [0.2, 0.25) is 0 Å². The maximum Gasteiger partial charge on any atom is 0.0668 e. The summed E-state index contributed by atoms with van der Waals surface area (Å²) in [6.07, 6.45) is 1.09. The molecule has 1 fully saturated rings. The van der Waals surface area contributed by atoms with Crippen molar-refractivity contribution in [2.45, 2.75) is 18.3 Å². The van der Waals surface area contributed by atoms with E-state index in [4.69, 9.17) is 16.3 Å². The molecule has 0 aromatic heterocycles. The van der Waals surface area contributed by atoms with E-state index in [1.54, 1.807) is 0 Å². The maximum atomic E-state index is 5.76. The average molecular weight is 212 g/mol. The van der Waals surface area contributed by atoms with Crippen LogP contribution in [0.4, 0.5) is 5.69 Å². The lowest BCUT2D eigenvalue weighted by molar-refractivity contribution is 0.195. The van der Waals surface area contributed by atoms with E-state index in [-0.39, 0.29) is 0 Å². The summed E-state index contributed by atoms with van der Waals surface area (Å²) < 4.78 is 5.30. The zero-order valence-corrected chi connectivity index (χ0v) is 8.76. The lowest BCUT2D eigenvalue weighted by Gasteiger charge is -2.12. The van der Waals surface area contributed by atoms with Gasteiger partial charge in [-0.1, -0.05) is 12.1 Å². The van der Waals surface area contributed by atoms with Crippen LogP contribution >= 0.6 is 11.6 Å². The Morgan fingerprint density at radius 3 is 3.14 bits per heavy atom. The molecule has 0 spiro atoms. The molecule has 2 nitrogen and oxygen atoms in total. The van der Waals surface area contributed by atoms with Gasteiger partial charge in [0.25, 0.3) is 0 Å². The van der Waals surface area contributed by atoms with Crippen molar-refractivity contribution in [2.75, 3.05) is 18.5 Å². The van der Waals surface area contributed by atoms with Crippen molar-refractivity contribution in [3.05, 3.63) is 29.8 Å². The van der Waals surface area contributed by atoms with Gasteiger partial charge in [-0.2, -0.15) is 0 Å². The number of hydrogen-bond donors (Lipinski definition) is 1. The summed E-state index contributed by atoms with van der Waals surface area (Å²) in [5, 5.41) is 3.43. The monoisotopic (exact) mass is 211 g/mol. The minimum Gasteiger partial charge on any atom is -0.380 e. The van der Waals surface area contributed by atoms with Crippen LogP contribution < -0.4 is 5.32 Å². The van der Waals surface area contributed by atoms with E-state index < -0.39 is 0 Å². The van der Waals surface area contributed by atoms with E-state index in [1.165, 1.54) is 0 Å². The highest BCUT2D eigenvalue weighted by Gasteiger charge is 2.14. The molecule has 1 N–H and O–H groups in total. The summed E-state index contributed by atoms with van der Waals surface area (Å²) in [4.78, 5) is 0. The van der Waals surface area contributed by atoms with Gasteiger partial charge in [-0.25, -0.2) is 0 Å². The van der Waals surface area contributed by atoms with Gasteiger partial charge in [0.15, 0.2) is 0 Å². The summed E-state index contributed by atoms with van der Waals surface area (Å²) >= 11 is 5.76. The molecule has 14 heavy (non-hydrogen) atoms. The highest BCUT2D eigenvalue weighted by atomic mass is 35.5. The van der Waals surface area contributed by atoms with E-state index in [1.807, 2.05) is 12.1 Å². The molecule has 1 atom stereocenters. The first-order chi connectivity index (χ1) is 6.88. The number of anilines is 1. The summed E-state index contributed by atoms with van der Waals surface area (Å²) in [5.74, 6) is 0.566. The highest BCUT2D eigenvalue weighted by molar-refractivity contribution is 6.17. The standard InChI is InChI=1S/C11H14ClNO/c12-7-9-2-1-3-10(6-9)13-11-4-5-14-8-11/h1-3,6,11,13H,4-5,7-8H2. The van der Waals surface area contributed by atoms with Gasteiger partial charge in [-0.05, 0) is 24.1 Å². The number of alkyl halides is 1. The van der Waals surface area contributed by atoms with Crippen LogP contribution in [0.1, 0.15) is 12.0 Å². The second-order valence-corrected chi connectivity index (χ2v) is 3.81. The van der Waals surface area contributed by atoms with Gasteiger partial charge in [0.05, 0.1) is 12.6 Å². The molecule has 0 saturated carbocycles. The first kappa shape index (κ1) is 9.81. The molecule has 3 heteroatoms. The maximum absolute atomic E-state index is 5.76. The molecule has 2 rings (SSSR count). The summed E-state index contributed by atoms with van der Waals surface area (Å²) in [5.41, 5.74) is 2.29. The number of nitrogens with one attached hydrogen (secondary N) is 1. The number of rotatable bonds is 3. The lowest BCUT2D eigenvalue weighted by atomic mass is 10.2. The van der Waals surface area contributed by atoms with Crippen molar-refractivity contribution in [1.29, 1.82) is 0 Å². The van der Waals surface area contributed by atoms with Crippen LogP contribution in [0.5, 0.6) is 0 Å². The zero-order valence-electron chi connectivity index (χ0n) is 8.00. The van der Waals surface area contributed by atoms with E-state index in [9.17, 15) is 0 Å². The van der Waals surface area contributed by atoms with Gasteiger partial charge >= 0.3 is 0 Å². The SMILES string of the molecule is ClCc1cccc(NC2CCOC2)c1. The Labute approximate surface area is 89.2 Å². The molecule has 1 aliphatic heterocycles. The van der Waals surface area contributed by atoms with Crippen LogP contribution in [0.2, 0.25) is 0 Å². The Hall–Kier alpha value is -0.730. The Morgan fingerprint density at radius 1 is 1.50 bits per heavy atom. The Kier molecular flexibility index (Phi) is 3.27. The second kappa shape index (κ2) is 4.67. The third kappa shape index (κ3) is 2.40. The van der Waals surface area contributed by atoms with Crippen LogP contribution in [-0.4, -0.2) is 19.3 Å². The first-order valence-electron chi connectivity index (χ1n) is 4.87. The van der Waals surface area contributed by atoms with Gasteiger partial charge in [-0.3, -0.25) is 0 Å². The van der Waals surface area contributed by atoms with Crippen LogP contribution in [0, 0.1) is 0 Å². The summed E-state index contributed by atoms with van der Waals surface area (Å²) in [6.45, 7) is 1.68. The largest absolute Gasteiger partial charge is 0.380 e. The number of hydrogen-bond acceptors (Lipinski definition) is 2. The normalized spacial score (nSPS) is 21.1.